The van der Waals surface area contributed by atoms with Crippen molar-refractivity contribution in [2.24, 2.45) is 12.1 Å². The first-order chi connectivity index (χ1) is 14.0. The van der Waals surface area contributed by atoms with Gasteiger partial charge in [-0.15, -0.1) is 0 Å². The van der Waals surface area contributed by atoms with E-state index in [0.717, 1.165) is 21.8 Å². The van der Waals surface area contributed by atoms with Crippen LogP contribution in [-0.4, -0.2) is 40.6 Å². The molecule has 0 aliphatic rings. The Balaban J connectivity index is 1.57. The van der Waals surface area contributed by atoms with Crippen molar-refractivity contribution < 1.29 is 14.3 Å². The SMILES string of the molecule is COc1ccc(/C=N\NC(=O)CSc2nc3ccccc3n2C)cc1OC(C)C. The topological polar surface area (TPSA) is 77.7 Å². The molecule has 0 fully saturated rings. The molecule has 0 radical (unpaired) electrons. The maximum absolute atomic E-state index is 12.1. The van der Waals surface area contributed by atoms with Crippen molar-refractivity contribution >= 4 is 34.9 Å². The van der Waals surface area contributed by atoms with E-state index in [4.69, 9.17) is 9.47 Å². The van der Waals surface area contributed by atoms with E-state index in [1.807, 2.05) is 67.9 Å². The summed E-state index contributed by atoms with van der Waals surface area (Å²) in [7, 11) is 3.53. The molecule has 152 valence electrons. The summed E-state index contributed by atoms with van der Waals surface area (Å²) < 4.78 is 13.0. The van der Waals surface area contributed by atoms with Crippen LogP contribution in [0, 0.1) is 0 Å². The van der Waals surface area contributed by atoms with Crippen LogP contribution in [0.15, 0.2) is 52.7 Å². The van der Waals surface area contributed by atoms with E-state index in [2.05, 4.69) is 15.5 Å². The maximum atomic E-state index is 12.1. The Morgan fingerprint density at radius 2 is 2.07 bits per heavy atom. The van der Waals surface area contributed by atoms with Crippen molar-refractivity contribution in [1.82, 2.24) is 15.0 Å². The molecule has 0 spiro atoms. The van der Waals surface area contributed by atoms with Gasteiger partial charge in [0.05, 0.1) is 36.2 Å². The number of amides is 1. The number of imidazole rings is 1. The van der Waals surface area contributed by atoms with Crippen molar-refractivity contribution in [3.8, 4) is 11.5 Å². The van der Waals surface area contributed by atoms with Gasteiger partial charge in [0.15, 0.2) is 16.7 Å². The average Bonchev–Trinajstić information content (AvgIpc) is 3.02. The molecule has 1 amide bonds. The summed E-state index contributed by atoms with van der Waals surface area (Å²) in [5.41, 5.74) is 5.29. The number of fused-ring (bicyclic) bond motifs is 1. The lowest BCUT2D eigenvalue weighted by Crippen LogP contribution is -2.19. The fourth-order valence-electron chi connectivity index (χ4n) is 2.71. The van der Waals surface area contributed by atoms with Gasteiger partial charge in [0.25, 0.3) is 5.91 Å². The minimum Gasteiger partial charge on any atom is -0.493 e. The highest BCUT2D eigenvalue weighted by Crippen LogP contribution is 2.28. The number of carbonyl (C=O) groups excluding carboxylic acids is 1. The van der Waals surface area contributed by atoms with Crippen LogP contribution in [0.1, 0.15) is 19.4 Å². The standard InChI is InChI=1S/C21H24N4O3S/c1-14(2)28-19-11-15(9-10-18(19)27-4)12-22-24-20(26)13-29-21-23-16-7-5-6-8-17(16)25(21)3/h5-12,14H,13H2,1-4H3,(H,24,26)/b22-12-. The molecule has 0 bridgehead atoms. The van der Waals surface area contributed by atoms with E-state index in [1.54, 1.807) is 13.3 Å². The predicted molar refractivity (Wildman–Crippen MR) is 116 cm³/mol. The minimum absolute atomic E-state index is 0.0237. The molecule has 0 aliphatic heterocycles. The highest BCUT2D eigenvalue weighted by Gasteiger charge is 2.10. The molecule has 3 aromatic rings. The van der Waals surface area contributed by atoms with E-state index in [0.29, 0.717) is 11.5 Å². The zero-order valence-corrected chi connectivity index (χ0v) is 17.7. The number of benzene rings is 2. The second kappa shape index (κ2) is 9.47. The van der Waals surface area contributed by atoms with Crippen molar-refractivity contribution in [2.75, 3.05) is 12.9 Å². The number of hydrogen-bond acceptors (Lipinski definition) is 6. The third-order valence-electron chi connectivity index (χ3n) is 4.03. The summed E-state index contributed by atoms with van der Waals surface area (Å²) in [6.45, 7) is 3.89. The van der Waals surface area contributed by atoms with Gasteiger partial charge in [-0.1, -0.05) is 23.9 Å². The van der Waals surface area contributed by atoms with E-state index < -0.39 is 0 Å². The Morgan fingerprint density at radius 3 is 2.79 bits per heavy atom. The fraction of sp³-hybridized carbons (Fsp3) is 0.286. The number of thioether (sulfide) groups is 1. The van der Waals surface area contributed by atoms with E-state index >= 15 is 0 Å². The highest BCUT2D eigenvalue weighted by molar-refractivity contribution is 7.99. The molecule has 0 atom stereocenters. The molecule has 1 heterocycles. The van der Waals surface area contributed by atoms with Crippen molar-refractivity contribution in [3.05, 3.63) is 48.0 Å². The fourth-order valence-corrected chi connectivity index (χ4v) is 3.49. The van der Waals surface area contributed by atoms with Gasteiger partial charge in [0.2, 0.25) is 0 Å². The molecule has 0 aliphatic carbocycles. The van der Waals surface area contributed by atoms with Crippen LogP contribution in [0.4, 0.5) is 0 Å². The summed E-state index contributed by atoms with van der Waals surface area (Å²) in [5, 5.41) is 4.82. The molecule has 29 heavy (non-hydrogen) atoms. The molecule has 3 rings (SSSR count). The Labute approximate surface area is 174 Å². The third-order valence-corrected chi connectivity index (χ3v) is 5.06. The largest absolute Gasteiger partial charge is 0.493 e. The Kier molecular flexibility index (Phi) is 6.77. The molecule has 0 unspecified atom stereocenters. The second-order valence-corrected chi connectivity index (χ2v) is 7.54. The van der Waals surface area contributed by atoms with Crippen LogP contribution in [0.25, 0.3) is 11.0 Å². The summed E-state index contributed by atoms with van der Waals surface area (Å²) in [6.07, 6.45) is 1.60. The number of hydrogen-bond donors (Lipinski definition) is 1. The molecule has 0 saturated carbocycles. The van der Waals surface area contributed by atoms with Gasteiger partial charge < -0.3 is 14.0 Å². The minimum atomic E-state index is -0.203. The van der Waals surface area contributed by atoms with Gasteiger partial charge in [-0.25, -0.2) is 10.4 Å². The highest BCUT2D eigenvalue weighted by atomic mass is 32.2. The number of methoxy groups -OCH3 is 1. The number of para-hydroxylation sites is 2. The third kappa shape index (κ3) is 5.29. The lowest BCUT2D eigenvalue weighted by Gasteiger charge is -2.13. The first-order valence-corrected chi connectivity index (χ1v) is 10.2. The normalized spacial score (nSPS) is 11.3. The number of ether oxygens (including phenoxy) is 2. The molecule has 2 aromatic carbocycles. The zero-order chi connectivity index (χ0) is 20.8. The van der Waals surface area contributed by atoms with Gasteiger partial charge in [0.1, 0.15) is 0 Å². The van der Waals surface area contributed by atoms with Crippen LogP contribution in [0.3, 0.4) is 0 Å². The van der Waals surface area contributed by atoms with Crippen LogP contribution < -0.4 is 14.9 Å². The Bertz CT molecular complexity index is 1030. The molecule has 0 saturated heterocycles. The van der Waals surface area contributed by atoms with E-state index in [-0.39, 0.29) is 17.8 Å². The lowest BCUT2D eigenvalue weighted by atomic mass is 10.2. The molecular formula is C21H24N4O3S. The quantitative estimate of drug-likeness (QED) is 0.347. The van der Waals surface area contributed by atoms with Crippen LogP contribution in [0.2, 0.25) is 0 Å². The van der Waals surface area contributed by atoms with E-state index in [9.17, 15) is 4.79 Å². The van der Waals surface area contributed by atoms with Gasteiger partial charge in [-0.05, 0) is 49.7 Å². The number of aryl methyl sites for hydroxylation is 1. The van der Waals surface area contributed by atoms with Crippen LogP contribution in [-0.2, 0) is 11.8 Å². The predicted octanol–water partition coefficient (Wildman–Crippen LogP) is 3.61. The molecular weight excluding hydrogens is 388 g/mol. The van der Waals surface area contributed by atoms with Crippen molar-refractivity contribution in [1.29, 1.82) is 0 Å². The Morgan fingerprint density at radius 1 is 1.28 bits per heavy atom. The molecule has 8 heteroatoms. The number of carbonyl (C=O) groups is 1. The smallest absolute Gasteiger partial charge is 0.250 e. The first kappa shape index (κ1) is 20.7. The number of aromatic nitrogens is 2. The van der Waals surface area contributed by atoms with Gasteiger partial charge in [0, 0.05) is 7.05 Å². The number of nitrogens with one attached hydrogen (secondary N) is 1. The number of nitrogens with zero attached hydrogens (tertiary/aromatic N) is 3. The van der Waals surface area contributed by atoms with Crippen LogP contribution in [0.5, 0.6) is 11.5 Å². The van der Waals surface area contributed by atoms with Gasteiger partial charge >= 0.3 is 0 Å². The summed E-state index contributed by atoms with van der Waals surface area (Å²) in [6, 6.07) is 13.3. The molecule has 1 N–H and O–H groups in total. The maximum Gasteiger partial charge on any atom is 0.250 e. The van der Waals surface area contributed by atoms with Crippen molar-refractivity contribution in [3.63, 3.8) is 0 Å². The Hall–Kier alpha value is -3.00. The average molecular weight is 413 g/mol. The van der Waals surface area contributed by atoms with E-state index in [1.165, 1.54) is 11.8 Å². The number of rotatable bonds is 8. The lowest BCUT2D eigenvalue weighted by molar-refractivity contribution is -0.118. The zero-order valence-electron chi connectivity index (χ0n) is 16.9. The number of hydrazone groups is 1. The molecule has 7 nitrogen and oxygen atoms in total. The summed E-state index contributed by atoms with van der Waals surface area (Å²) >= 11 is 1.37. The van der Waals surface area contributed by atoms with Crippen LogP contribution >= 0.6 is 11.8 Å². The first-order valence-electron chi connectivity index (χ1n) is 9.18. The summed E-state index contributed by atoms with van der Waals surface area (Å²) in [5.74, 6) is 1.30. The second-order valence-electron chi connectivity index (χ2n) is 6.60. The van der Waals surface area contributed by atoms with Gasteiger partial charge in [-0.2, -0.15) is 5.10 Å². The van der Waals surface area contributed by atoms with Crippen molar-refractivity contribution in [2.45, 2.75) is 25.1 Å². The van der Waals surface area contributed by atoms with Gasteiger partial charge in [-0.3, -0.25) is 4.79 Å². The molecule has 1 aromatic heterocycles. The monoisotopic (exact) mass is 412 g/mol. The summed E-state index contributed by atoms with van der Waals surface area (Å²) in [4.78, 5) is 16.7.